The Morgan fingerprint density at radius 3 is 2.71 bits per heavy atom. The van der Waals surface area contributed by atoms with Crippen molar-refractivity contribution in [1.82, 2.24) is 4.98 Å². The predicted molar refractivity (Wildman–Crippen MR) is 80.6 cm³/mol. The van der Waals surface area contributed by atoms with Gasteiger partial charge in [0.15, 0.2) is 0 Å². The molecule has 0 aliphatic rings. The van der Waals surface area contributed by atoms with Gasteiger partial charge < -0.3 is 4.74 Å². The van der Waals surface area contributed by atoms with Gasteiger partial charge in [0.25, 0.3) is 0 Å². The fraction of sp³-hybridized carbons (Fsp3) is 0. The lowest BCUT2D eigenvalue weighted by Crippen LogP contribution is -1.92. The molecule has 0 saturated carbocycles. The molecule has 102 valence electrons. The van der Waals surface area contributed by atoms with E-state index < -0.39 is 0 Å². The van der Waals surface area contributed by atoms with E-state index in [0.29, 0.717) is 21.3 Å². The van der Waals surface area contributed by atoms with Crippen molar-refractivity contribution in [3.63, 3.8) is 0 Å². The third-order valence-electron chi connectivity index (χ3n) is 2.92. The number of halogens is 2. The minimum atomic E-state index is -0.363. The summed E-state index contributed by atoms with van der Waals surface area (Å²) < 4.78 is 19.2. The van der Waals surface area contributed by atoms with E-state index in [9.17, 15) is 9.65 Å². The molecule has 0 N–H and O–H groups in total. The molecule has 3 nitrogen and oxygen atoms in total. The van der Waals surface area contributed by atoms with Crippen LogP contribution in [0.2, 0.25) is 0 Å². The van der Waals surface area contributed by atoms with E-state index in [4.69, 9.17) is 4.74 Å². The van der Waals surface area contributed by atoms with E-state index in [1.807, 2.05) is 24.3 Å². The van der Waals surface area contributed by atoms with E-state index in [1.54, 1.807) is 6.07 Å². The summed E-state index contributed by atoms with van der Waals surface area (Å²) in [6.07, 6.45) is 0. The summed E-state index contributed by atoms with van der Waals surface area (Å²) in [4.78, 5) is 4.35. The second kappa shape index (κ2) is 5.51. The highest BCUT2D eigenvalue weighted by molar-refractivity contribution is 9.10. The molecule has 2 aromatic carbocycles. The van der Waals surface area contributed by atoms with Crippen LogP contribution in [0.15, 0.2) is 53.0 Å². The van der Waals surface area contributed by atoms with Crippen molar-refractivity contribution in [2.45, 2.75) is 0 Å². The Morgan fingerprint density at radius 1 is 1.14 bits per heavy atom. The number of hydrogen-bond acceptors (Lipinski definition) is 3. The zero-order valence-corrected chi connectivity index (χ0v) is 12.3. The van der Waals surface area contributed by atoms with Gasteiger partial charge in [0.05, 0.1) is 15.6 Å². The number of nitriles is 1. The molecule has 21 heavy (non-hydrogen) atoms. The smallest absolute Gasteiger partial charge is 0.221 e. The van der Waals surface area contributed by atoms with Crippen molar-refractivity contribution >= 4 is 26.8 Å². The largest absolute Gasteiger partial charge is 0.438 e. The molecule has 0 unspecified atom stereocenters. The number of pyridine rings is 1. The van der Waals surface area contributed by atoms with Gasteiger partial charge in [0, 0.05) is 11.5 Å². The minimum Gasteiger partial charge on any atom is -0.438 e. The van der Waals surface area contributed by atoms with Gasteiger partial charge in [-0.25, -0.2) is 9.37 Å². The van der Waals surface area contributed by atoms with Gasteiger partial charge in [0.1, 0.15) is 17.6 Å². The van der Waals surface area contributed by atoms with Crippen LogP contribution in [0, 0.1) is 17.1 Å². The van der Waals surface area contributed by atoms with E-state index >= 15 is 0 Å². The van der Waals surface area contributed by atoms with Crippen LogP contribution in [-0.2, 0) is 0 Å². The Kier molecular flexibility index (Phi) is 3.55. The number of benzene rings is 2. The van der Waals surface area contributed by atoms with Crippen molar-refractivity contribution in [1.29, 1.82) is 5.26 Å². The number of aromatic nitrogens is 1. The lowest BCUT2D eigenvalue weighted by Gasteiger charge is -2.08. The molecule has 5 heteroatoms. The summed E-state index contributed by atoms with van der Waals surface area (Å²) in [5.74, 6) is 0.360. The van der Waals surface area contributed by atoms with Gasteiger partial charge in [-0.15, -0.1) is 0 Å². The van der Waals surface area contributed by atoms with Crippen LogP contribution in [0.1, 0.15) is 5.56 Å². The topological polar surface area (TPSA) is 45.9 Å². The number of para-hydroxylation sites is 1. The first-order chi connectivity index (χ1) is 10.2. The van der Waals surface area contributed by atoms with E-state index in [2.05, 4.69) is 27.0 Å². The molecule has 1 aromatic heterocycles. The fourth-order valence-corrected chi connectivity index (χ4v) is 2.40. The molecular formula is C16H8BrFN2O. The van der Waals surface area contributed by atoms with Crippen molar-refractivity contribution < 1.29 is 9.13 Å². The number of rotatable bonds is 2. The number of fused-ring (bicyclic) bond motifs is 1. The summed E-state index contributed by atoms with van der Waals surface area (Å²) >= 11 is 3.23. The van der Waals surface area contributed by atoms with Crippen molar-refractivity contribution in [2.24, 2.45) is 0 Å². The third-order valence-corrected chi connectivity index (χ3v) is 3.54. The Morgan fingerprint density at radius 2 is 1.95 bits per heavy atom. The zero-order valence-electron chi connectivity index (χ0n) is 10.7. The molecule has 0 amide bonds. The summed E-state index contributed by atoms with van der Waals surface area (Å²) in [5.41, 5.74) is 1.15. The maximum absolute atomic E-state index is 13.1. The zero-order chi connectivity index (χ0) is 14.8. The van der Waals surface area contributed by atoms with Crippen LogP contribution in [0.25, 0.3) is 10.9 Å². The molecule has 0 radical (unpaired) electrons. The summed E-state index contributed by atoms with van der Waals surface area (Å²) in [5, 5.41) is 9.99. The average Bonchev–Trinajstić information content (AvgIpc) is 2.49. The van der Waals surface area contributed by atoms with Crippen LogP contribution in [-0.4, -0.2) is 4.98 Å². The highest BCUT2D eigenvalue weighted by Gasteiger charge is 2.09. The normalized spacial score (nSPS) is 10.3. The molecule has 0 fully saturated rings. The Hall–Kier alpha value is -2.45. The molecule has 3 aromatic rings. The van der Waals surface area contributed by atoms with Crippen molar-refractivity contribution in [2.75, 3.05) is 0 Å². The van der Waals surface area contributed by atoms with Crippen LogP contribution >= 0.6 is 15.9 Å². The van der Waals surface area contributed by atoms with Gasteiger partial charge in [-0.1, -0.05) is 18.2 Å². The fourth-order valence-electron chi connectivity index (χ4n) is 1.97. The minimum absolute atomic E-state index is 0.289. The van der Waals surface area contributed by atoms with Crippen molar-refractivity contribution in [3.8, 4) is 17.7 Å². The molecule has 0 spiro atoms. The molecule has 0 atom stereocenters. The SMILES string of the molecule is N#Cc1cc(Oc2ccc(F)cc2Br)nc2ccccc12. The summed E-state index contributed by atoms with van der Waals surface area (Å²) in [7, 11) is 0. The van der Waals surface area contributed by atoms with Gasteiger partial charge in [-0.05, 0) is 40.2 Å². The molecule has 0 bridgehead atoms. The number of hydrogen-bond donors (Lipinski definition) is 0. The quantitative estimate of drug-likeness (QED) is 0.671. The van der Waals surface area contributed by atoms with E-state index in [1.165, 1.54) is 18.2 Å². The number of ether oxygens (including phenoxy) is 1. The summed E-state index contributed by atoms with van der Waals surface area (Å²) in [6.45, 7) is 0. The second-order valence-corrected chi connectivity index (χ2v) is 5.17. The monoisotopic (exact) mass is 342 g/mol. The van der Waals surface area contributed by atoms with Gasteiger partial charge in [-0.3, -0.25) is 0 Å². The Bertz CT molecular complexity index is 874. The average molecular weight is 343 g/mol. The van der Waals surface area contributed by atoms with Crippen LogP contribution in [0.4, 0.5) is 4.39 Å². The lowest BCUT2D eigenvalue weighted by atomic mass is 10.1. The standard InChI is InChI=1S/C16H8BrFN2O/c17-13-8-11(18)5-6-15(13)21-16-7-10(9-19)12-3-1-2-4-14(12)20-16/h1-8H. The van der Waals surface area contributed by atoms with Crippen LogP contribution in [0.5, 0.6) is 11.6 Å². The molecule has 0 saturated heterocycles. The molecule has 0 aliphatic carbocycles. The first-order valence-electron chi connectivity index (χ1n) is 6.10. The van der Waals surface area contributed by atoms with Gasteiger partial charge in [0.2, 0.25) is 5.88 Å². The van der Waals surface area contributed by atoms with E-state index in [0.717, 1.165) is 5.39 Å². The second-order valence-electron chi connectivity index (χ2n) is 4.31. The van der Waals surface area contributed by atoms with Gasteiger partial charge >= 0.3 is 0 Å². The molecule has 0 aliphatic heterocycles. The lowest BCUT2D eigenvalue weighted by molar-refractivity contribution is 0.460. The number of nitrogens with zero attached hydrogens (tertiary/aromatic N) is 2. The summed E-state index contributed by atoms with van der Waals surface area (Å²) in [6, 6.07) is 15.1. The van der Waals surface area contributed by atoms with Crippen molar-refractivity contribution in [3.05, 3.63) is 64.4 Å². The first kappa shape index (κ1) is 13.5. The van der Waals surface area contributed by atoms with Crippen LogP contribution in [0.3, 0.4) is 0 Å². The first-order valence-corrected chi connectivity index (χ1v) is 6.89. The molecular weight excluding hydrogens is 335 g/mol. The Balaban J connectivity index is 2.07. The molecule has 1 heterocycles. The maximum Gasteiger partial charge on any atom is 0.221 e. The predicted octanol–water partition coefficient (Wildman–Crippen LogP) is 4.80. The highest BCUT2D eigenvalue weighted by Crippen LogP contribution is 2.31. The van der Waals surface area contributed by atoms with Crippen LogP contribution < -0.4 is 4.74 Å². The third kappa shape index (κ3) is 2.71. The molecule has 3 rings (SSSR count). The van der Waals surface area contributed by atoms with Gasteiger partial charge in [-0.2, -0.15) is 5.26 Å². The van der Waals surface area contributed by atoms with E-state index in [-0.39, 0.29) is 11.7 Å². The Labute approximate surface area is 128 Å². The maximum atomic E-state index is 13.1. The highest BCUT2D eigenvalue weighted by atomic mass is 79.9.